The van der Waals surface area contributed by atoms with Gasteiger partial charge in [-0.1, -0.05) is 70.5 Å². The first-order valence-corrected chi connectivity index (χ1v) is 19.0. The Labute approximate surface area is 324 Å². The summed E-state index contributed by atoms with van der Waals surface area (Å²) in [5.74, 6) is -1.20. The summed E-state index contributed by atoms with van der Waals surface area (Å²) in [7, 11) is 1.28. The number of aliphatic hydroxyl groups excluding tert-OH is 1. The molecule has 1 aliphatic heterocycles. The number of urea groups is 1. The molecule has 14 nitrogen and oxygen atoms in total. The third kappa shape index (κ3) is 13.3. The maximum absolute atomic E-state index is 14.5. The Balaban J connectivity index is 1.55. The van der Waals surface area contributed by atoms with Crippen LogP contribution in [-0.4, -0.2) is 100 Å². The van der Waals surface area contributed by atoms with Gasteiger partial charge in [0.05, 0.1) is 31.2 Å². The van der Waals surface area contributed by atoms with Gasteiger partial charge < -0.3 is 30.7 Å². The first-order chi connectivity index (χ1) is 26.3. The lowest BCUT2D eigenvalue weighted by Crippen LogP contribution is -2.56. The molecule has 5 atom stereocenters. The minimum Gasteiger partial charge on any atom is -0.453 e. The number of nitrogens with zero attached hydrogens (tertiary/aromatic N) is 4. The minimum atomic E-state index is -1.12. The molecule has 0 bridgehead atoms. The fraction of sp³-hybridized carbons (Fsp3) is 0.512. The van der Waals surface area contributed by atoms with Crippen molar-refractivity contribution in [1.29, 1.82) is 0 Å². The molecule has 1 aromatic carbocycles. The summed E-state index contributed by atoms with van der Waals surface area (Å²) in [6, 6.07) is 17.7. The molecule has 5 unspecified atom stereocenters. The van der Waals surface area contributed by atoms with Crippen molar-refractivity contribution in [1.82, 2.24) is 41.3 Å². The number of methoxy groups -OCH3 is 1. The molecule has 4 rings (SSSR count). The number of hydrazine groups is 1. The van der Waals surface area contributed by atoms with Gasteiger partial charge in [-0.2, -0.15) is 0 Å². The molecule has 0 radical (unpaired) electrons. The van der Waals surface area contributed by atoms with Crippen LogP contribution in [0.5, 0.6) is 0 Å². The van der Waals surface area contributed by atoms with Gasteiger partial charge in [0.2, 0.25) is 11.8 Å². The van der Waals surface area contributed by atoms with Crippen molar-refractivity contribution in [3.05, 3.63) is 95.6 Å². The summed E-state index contributed by atoms with van der Waals surface area (Å²) in [6.45, 7) is 10.9. The van der Waals surface area contributed by atoms with Crippen LogP contribution in [-0.2, 0) is 33.7 Å². The van der Waals surface area contributed by atoms with Gasteiger partial charge in [0.15, 0.2) is 0 Å². The Bertz CT molecular complexity index is 1690. The Kier molecular flexibility index (Phi) is 15.9. The molecule has 3 heterocycles. The lowest BCUT2D eigenvalue weighted by atomic mass is 9.83. The summed E-state index contributed by atoms with van der Waals surface area (Å²) < 4.78 is 4.68. The average Bonchev–Trinajstić information content (AvgIpc) is 3.51. The van der Waals surface area contributed by atoms with E-state index < -0.39 is 35.6 Å². The van der Waals surface area contributed by atoms with Crippen molar-refractivity contribution >= 4 is 23.9 Å². The minimum absolute atomic E-state index is 0.0141. The first kappa shape index (κ1) is 42.7. The number of hydrogen-bond acceptors (Lipinski definition) is 9. The summed E-state index contributed by atoms with van der Waals surface area (Å²) >= 11 is 0. The zero-order valence-corrected chi connectivity index (χ0v) is 33.0. The fourth-order valence-electron chi connectivity index (χ4n) is 6.92. The zero-order chi connectivity index (χ0) is 40.0. The number of amides is 5. The molecule has 55 heavy (non-hydrogen) atoms. The topological polar surface area (TPSA) is 178 Å². The van der Waals surface area contributed by atoms with Gasteiger partial charge in [-0.25, -0.2) is 14.6 Å². The first-order valence-electron chi connectivity index (χ1n) is 19.0. The highest BCUT2D eigenvalue weighted by molar-refractivity contribution is 5.83. The van der Waals surface area contributed by atoms with E-state index in [9.17, 15) is 24.3 Å². The number of hydrogen-bond donors (Lipinski definition) is 5. The second-order valence-electron chi connectivity index (χ2n) is 15.2. The van der Waals surface area contributed by atoms with E-state index >= 15 is 0 Å². The summed E-state index contributed by atoms with van der Waals surface area (Å²) in [4.78, 5) is 63.3. The predicted octanol–water partition coefficient (Wildman–Crippen LogP) is 3.78. The Morgan fingerprint density at radius 2 is 1.80 bits per heavy atom. The number of benzene rings is 1. The molecule has 298 valence electrons. The molecule has 14 heteroatoms. The highest BCUT2D eigenvalue weighted by Crippen LogP contribution is 2.27. The van der Waals surface area contributed by atoms with E-state index in [1.165, 1.54) is 7.11 Å². The number of aryl methyl sites for hydroxylation is 1. The van der Waals surface area contributed by atoms with Crippen LogP contribution < -0.4 is 21.4 Å². The van der Waals surface area contributed by atoms with E-state index in [1.54, 1.807) is 22.3 Å². The Morgan fingerprint density at radius 3 is 2.47 bits per heavy atom. The number of alkyl carbamates (subject to hydrolysis) is 1. The number of carbonyl (C=O) groups excluding carboxylic acids is 4. The third-order valence-corrected chi connectivity index (χ3v) is 10.1. The molecule has 0 saturated carbocycles. The molecule has 5 N–H and O–H groups in total. The monoisotopic (exact) mass is 758 g/mol. The number of aromatic nitrogens is 2. The predicted molar refractivity (Wildman–Crippen MR) is 209 cm³/mol. The molecule has 1 aliphatic rings. The summed E-state index contributed by atoms with van der Waals surface area (Å²) in [6.07, 6.45) is 3.27. The molecular formula is C41H58N8O6. The van der Waals surface area contributed by atoms with E-state index in [2.05, 4.69) is 36.1 Å². The van der Waals surface area contributed by atoms with E-state index in [1.807, 2.05) is 95.3 Å². The van der Waals surface area contributed by atoms with Crippen LogP contribution in [0.3, 0.4) is 0 Å². The van der Waals surface area contributed by atoms with Crippen molar-refractivity contribution in [3.8, 4) is 0 Å². The lowest BCUT2D eigenvalue weighted by Gasteiger charge is -2.36. The maximum atomic E-state index is 14.5. The van der Waals surface area contributed by atoms with Crippen molar-refractivity contribution in [2.75, 3.05) is 33.3 Å². The summed E-state index contributed by atoms with van der Waals surface area (Å²) in [5.41, 5.74) is 5.91. The standard InChI is InChI=1S/C41H58N8O6/c1-7-28(2)37(34-24-43-39(53)49(34)21-18-32-15-11-12-29(3)45-32)38(52)46-33(22-30-13-9-8-10-14-30)35(50)26-48(25-31-16-19-42-20-17-31)47-36(51)23-41(4,5)27-44-40(54)55-6/h8-17,19-20,28,33-35,37,50H,7,18,21-27H2,1-6H3,(H,43,53)(H,44,54)(H,46,52)(H,47,51). The SMILES string of the molecule is CCC(C)C(C(=O)NC(Cc1ccccc1)C(O)CN(Cc1ccncc1)NC(=O)CC(C)(C)CNC(=O)OC)C1CNC(=O)N1CCc1cccc(C)n1. The number of nitrogens with one attached hydrogen (secondary N) is 4. The number of rotatable bonds is 20. The van der Waals surface area contributed by atoms with Gasteiger partial charge in [-0.15, -0.1) is 0 Å². The molecule has 3 aromatic rings. The zero-order valence-electron chi connectivity index (χ0n) is 33.0. The molecule has 0 spiro atoms. The number of ether oxygens (including phenoxy) is 1. The van der Waals surface area contributed by atoms with E-state index in [-0.39, 0.29) is 49.8 Å². The molecule has 1 saturated heterocycles. The van der Waals surface area contributed by atoms with Crippen LogP contribution in [0.15, 0.2) is 73.1 Å². The lowest BCUT2D eigenvalue weighted by molar-refractivity contribution is -0.132. The van der Waals surface area contributed by atoms with Crippen LogP contribution in [0.25, 0.3) is 0 Å². The van der Waals surface area contributed by atoms with Crippen molar-refractivity contribution in [2.45, 2.75) is 85.0 Å². The van der Waals surface area contributed by atoms with Crippen LogP contribution >= 0.6 is 0 Å². The van der Waals surface area contributed by atoms with Crippen LogP contribution in [0.1, 0.15) is 63.1 Å². The quantitative estimate of drug-likeness (QED) is 0.107. The largest absolute Gasteiger partial charge is 0.453 e. The van der Waals surface area contributed by atoms with Gasteiger partial charge in [0.1, 0.15) is 0 Å². The highest BCUT2D eigenvalue weighted by Gasteiger charge is 2.43. The van der Waals surface area contributed by atoms with E-state index in [4.69, 9.17) is 0 Å². The number of aliphatic hydroxyl groups is 1. The van der Waals surface area contributed by atoms with Crippen LogP contribution in [0.4, 0.5) is 9.59 Å². The molecule has 0 aliphatic carbocycles. The van der Waals surface area contributed by atoms with Crippen molar-refractivity contribution < 1.29 is 29.0 Å². The van der Waals surface area contributed by atoms with E-state index in [0.29, 0.717) is 32.4 Å². The number of carbonyl (C=O) groups is 4. The summed E-state index contributed by atoms with van der Waals surface area (Å²) in [5, 5.41) is 22.4. The van der Waals surface area contributed by atoms with Crippen LogP contribution in [0.2, 0.25) is 0 Å². The normalized spacial score (nSPS) is 16.5. The van der Waals surface area contributed by atoms with Gasteiger partial charge >= 0.3 is 12.1 Å². The molecule has 1 fully saturated rings. The van der Waals surface area contributed by atoms with Gasteiger partial charge in [-0.05, 0) is 60.1 Å². The highest BCUT2D eigenvalue weighted by atomic mass is 16.5. The van der Waals surface area contributed by atoms with Crippen LogP contribution in [0, 0.1) is 24.2 Å². The average molecular weight is 759 g/mol. The molecule has 2 aromatic heterocycles. The van der Waals surface area contributed by atoms with Gasteiger partial charge in [0, 0.05) is 69.3 Å². The van der Waals surface area contributed by atoms with Crippen molar-refractivity contribution in [2.24, 2.45) is 17.3 Å². The van der Waals surface area contributed by atoms with Gasteiger partial charge in [-0.3, -0.25) is 25.0 Å². The maximum Gasteiger partial charge on any atom is 0.406 e. The van der Waals surface area contributed by atoms with E-state index in [0.717, 1.165) is 22.5 Å². The third-order valence-electron chi connectivity index (χ3n) is 10.1. The Morgan fingerprint density at radius 1 is 1.07 bits per heavy atom. The Hall–Kier alpha value is -5.08. The second kappa shape index (κ2) is 20.6. The fourth-order valence-corrected chi connectivity index (χ4v) is 6.92. The van der Waals surface area contributed by atoms with Crippen molar-refractivity contribution in [3.63, 3.8) is 0 Å². The van der Waals surface area contributed by atoms with Gasteiger partial charge in [0.25, 0.3) is 0 Å². The number of pyridine rings is 2. The second-order valence-corrected chi connectivity index (χ2v) is 15.2. The molecule has 5 amide bonds. The smallest absolute Gasteiger partial charge is 0.406 e. The molecular weight excluding hydrogens is 701 g/mol.